The van der Waals surface area contributed by atoms with Crippen LogP contribution < -0.4 is 5.32 Å². The molecule has 200 valence electrons. The van der Waals surface area contributed by atoms with Gasteiger partial charge < -0.3 is 25.2 Å². The summed E-state index contributed by atoms with van der Waals surface area (Å²) in [6.07, 6.45) is 6.38. The molecule has 3 N–H and O–H groups in total. The first-order valence-corrected chi connectivity index (χ1v) is 13.6. The smallest absolute Gasteiger partial charge is 0.323 e. The van der Waals surface area contributed by atoms with Crippen LogP contribution in [0.2, 0.25) is 0 Å². The van der Waals surface area contributed by atoms with Gasteiger partial charge in [-0.25, -0.2) is 0 Å². The highest BCUT2D eigenvalue weighted by Crippen LogP contribution is 2.33. The van der Waals surface area contributed by atoms with Gasteiger partial charge >= 0.3 is 5.97 Å². The summed E-state index contributed by atoms with van der Waals surface area (Å²) in [4.78, 5) is 27.9. The Morgan fingerprint density at radius 2 is 1.68 bits per heavy atom. The Hall–Kier alpha value is -3.06. The maximum Gasteiger partial charge on any atom is 0.323 e. The van der Waals surface area contributed by atoms with Gasteiger partial charge in [-0.2, -0.15) is 0 Å². The first-order valence-electron chi connectivity index (χ1n) is 13.6. The molecule has 0 radical (unpaired) electrons. The zero-order valence-corrected chi connectivity index (χ0v) is 22.0. The molecule has 1 amide bonds. The number of benzene rings is 2. The Labute approximate surface area is 219 Å². The molecule has 4 rings (SSSR count). The third-order valence-electron chi connectivity index (χ3n) is 7.70. The lowest BCUT2D eigenvalue weighted by molar-refractivity contribution is -0.151. The number of amides is 1. The Bertz CT molecular complexity index is 1060. The number of nitrogens with zero attached hydrogens (tertiary/aromatic N) is 1. The number of esters is 1. The summed E-state index contributed by atoms with van der Waals surface area (Å²) in [5.41, 5.74) is 1.98. The molecule has 2 fully saturated rings. The molecule has 1 saturated carbocycles. The van der Waals surface area contributed by atoms with Gasteiger partial charge in [-0.05, 0) is 80.5 Å². The SMILES string of the molecule is CC(C)c1cc(C(=O)N2CCC(CN[C@@H](Cc3ccccc3)C(=O)OC3CCCC3)CC2)c(O)cc1O. The van der Waals surface area contributed by atoms with Gasteiger partial charge in [0.1, 0.15) is 23.6 Å². The number of aromatic hydroxyl groups is 2. The van der Waals surface area contributed by atoms with Gasteiger partial charge in [0.2, 0.25) is 0 Å². The standard InChI is InChI=1S/C30H40N2O5/c1-20(2)24-17-25(28(34)18-27(24)33)29(35)32-14-12-22(13-15-32)19-31-26(16-21-8-4-3-5-9-21)30(36)37-23-10-6-7-11-23/h3-5,8-9,17-18,20,22-23,26,31,33-34H,6-7,10-16,19H2,1-2H3/t26-/m0/s1. The molecule has 0 bridgehead atoms. The molecule has 37 heavy (non-hydrogen) atoms. The van der Waals surface area contributed by atoms with E-state index in [1.54, 1.807) is 11.0 Å². The number of hydrogen-bond donors (Lipinski definition) is 3. The Morgan fingerprint density at radius 1 is 1.00 bits per heavy atom. The number of rotatable bonds is 9. The fraction of sp³-hybridized carbons (Fsp3) is 0.533. The second-order valence-electron chi connectivity index (χ2n) is 10.8. The van der Waals surface area contributed by atoms with Crippen molar-refractivity contribution in [2.45, 2.75) is 76.9 Å². The quantitative estimate of drug-likeness (QED) is 0.423. The van der Waals surface area contributed by atoms with E-state index in [-0.39, 0.29) is 41.0 Å². The van der Waals surface area contributed by atoms with Crippen molar-refractivity contribution in [3.8, 4) is 11.5 Å². The van der Waals surface area contributed by atoms with E-state index >= 15 is 0 Å². The highest BCUT2D eigenvalue weighted by molar-refractivity contribution is 5.97. The van der Waals surface area contributed by atoms with Crippen molar-refractivity contribution in [1.29, 1.82) is 0 Å². The Morgan fingerprint density at radius 3 is 2.32 bits per heavy atom. The van der Waals surface area contributed by atoms with E-state index in [1.807, 2.05) is 44.2 Å². The summed E-state index contributed by atoms with van der Waals surface area (Å²) >= 11 is 0. The normalized spacial score (nSPS) is 17.8. The summed E-state index contributed by atoms with van der Waals surface area (Å²) in [5, 5.41) is 23.9. The first-order chi connectivity index (χ1) is 17.8. The van der Waals surface area contributed by atoms with Gasteiger partial charge in [0.15, 0.2) is 0 Å². The largest absolute Gasteiger partial charge is 0.508 e. The molecule has 1 atom stereocenters. The first kappa shape index (κ1) is 27.0. The van der Waals surface area contributed by atoms with E-state index in [4.69, 9.17) is 4.74 Å². The number of likely N-dealkylation sites (tertiary alicyclic amines) is 1. The van der Waals surface area contributed by atoms with Crippen LogP contribution in [0.15, 0.2) is 42.5 Å². The maximum absolute atomic E-state index is 13.1. The predicted molar refractivity (Wildman–Crippen MR) is 143 cm³/mol. The van der Waals surface area contributed by atoms with Crippen molar-refractivity contribution in [2.75, 3.05) is 19.6 Å². The van der Waals surface area contributed by atoms with Gasteiger partial charge in [0, 0.05) is 19.2 Å². The van der Waals surface area contributed by atoms with Crippen LogP contribution in [0.4, 0.5) is 0 Å². The van der Waals surface area contributed by atoms with Crippen molar-refractivity contribution >= 4 is 11.9 Å². The van der Waals surface area contributed by atoms with E-state index in [9.17, 15) is 19.8 Å². The average molecular weight is 509 g/mol. The molecule has 0 aromatic heterocycles. The van der Waals surface area contributed by atoms with E-state index in [2.05, 4.69) is 5.32 Å². The number of ether oxygens (including phenoxy) is 1. The van der Waals surface area contributed by atoms with Crippen LogP contribution in [-0.2, 0) is 16.0 Å². The van der Waals surface area contributed by atoms with Crippen LogP contribution in [-0.4, -0.2) is 58.8 Å². The molecule has 7 nitrogen and oxygen atoms in total. The number of carbonyl (C=O) groups is 2. The van der Waals surface area contributed by atoms with E-state index in [0.29, 0.717) is 37.5 Å². The maximum atomic E-state index is 13.1. The molecule has 2 aromatic carbocycles. The minimum absolute atomic E-state index is 0.00495. The monoisotopic (exact) mass is 508 g/mol. The fourth-order valence-corrected chi connectivity index (χ4v) is 5.39. The summed E-state index contributed by atoms with van der Waals surface area (Å²) in [6.45, 7) is 5.72. The van der Waals surface area contributed by atoms with Crippen LogP contribution in [0, 0.1) is 5.92 Å². The molecule has 1 saturated heterocycles. The summed E-state index contributed by atoms with van der Waals surface area (Å²) in [5.74, 6) is -0.208. The van der Waals surface area contributed by atoms with Gasteiger partial charge in [-0.1, -0.05) is 44.2 Å². The summed E-state index contributed by atoms with van der Waals surface area (Å²) < 4.78 is 5.83. The van der Waals surface area contributed by atoms with Crippen LogP contribution >= 0.6 is 0 Å². The van der Waals surface area contributed by atoms with Gasteiger partial charge in [-0.3, -0.25) is 9.59 Å². The summed E-state index contributed by atoms with van der Waals surface area (Å²) in [7, 11) is 0. The van der Waals surface area contributed by atoms with Gasteiger partial charge in [-0.15, -0.1) is 0 Å². The molecule has 7 heteroatoms. The van der Waals surface area contributed by atoms with E-state index in [1.165, 1.54) is 6.07 Å². The molecular weight excluding hydrogens is 468 g/mol. The summed E-state index contributed by atoms with van der Waals surface area (Å²) in [6, 6.07) is 12.5. The third-order valence-corrected chi connectivity index (χ3v) is 7.70. The van der Waals surface area contributed by atoms with E-state index < -0.39 is 6.04 Å². The molecule has 1 aliphatic carbocycles. The van der Waals surface area contributed by atoms with Crippen LogP contribution in [0.25, 0.3) is 0 Å². The molecular formula is C30H40N2O5. The second kappa shape index (κ2) is 12.5. The molecule has 0 spiro atoms. The molecule has 2 aromatic rings. The Kier molecular flexibility index (Phi) is 9.09. The number of phenols is 2. The predicted octanol–water partition coefficient (Wildman–Crippen LogP) is 4.76. The zero-order chi connectivity index (χ0) is 26.4. The minimum atomic E-state index is -0.397. The minimum Gasteiger partial charge on any atom is -0.508 e. The fourth-order valence-electron chi connectivity index (χ4n) is 5.39. The average Bonchev–Trinajstić information content (AvgIpc) is 3.40. The lowest BCUT2D eigenvalue weighted by Gasteiger charge is -2.33. The highest BCUT2D eigenvalue weighted by Gasteiger charge is 2.29. The van der Waals surface area contributed by atoms with Crippen molar-refractivity contribution in [3.63, 3.8) is 0 Å². The van der Waals surface area contributed by atoms with Crippen LogP contribution in [0.1, 0.15) is 79.8 Å². The van der Waals surface area contributed by atoms with Crippen LogP contribution in [0.5, 0.6) is 11.5 Å². The molecule has 1 aliphatic heterocycles. The van der Waals surface area contributed by atoms with E-state index in [0.717, 1.165) is 44.1 Å². The van der Waals surface area contributed by atoms with Crippen molar-refractivity contribution in [1.82, 2.24) is 10.2 Å². The number of phenolic OH excluding ortho intramolecular Hbond substituents is 2. The van der Waals surface area contributed by atoms with Gasteiger partial charge in [0.05, 0.1) is 5.56 Å². The zero-order valence-electron chi connectivity index (χ0n) is 22.0. The Balaban J connectivity index is 1.33. The third kappa shape index (κ3) is 7.04. The molecule has 2 aliphatic rings. The molecule has 0 unspecified atom stereocenters. The number of nitrogens with one attached hydrogen (secondary N) is 1. The molecule has 1 heterocycles. The van der Waals surface area contributed by atoms with Crippen molar-refractivity contribution < 1.29 is 24.5 Å². The highest BCUT2D eigenvalue weighted by atomic mass is 16.5. The lowest BCUT2D eigenvalue weighted by Crippen LogP contribution is -2.46. The number of hydrogen-bond acceptors (Lipinski definition) is 6. The van der Waals surface area contributed by atoms with Crippen molar-refractivity contribution in [3.05, 3.63) is 59.2 Å². The number of carbonyl (C=O) groups excluding carboxylic acids is 2. The second-order valence-corrected chi connectivity index (χ2v) is 10.8. The number of piperidine rings is 1. The lowest BCUT2D eigenvalue weighted by atomic mass is 9.94. The topological polar surface area (TPSA) is 99.1 Å². The van der Waals surface area contributed by atoms with Crippen LogP contribution in [0.3, 0.4) is 0 Å². The van der Waals surface area contributed by atoms with Gasteiger partial charge in [0.25, 0.3) is 5.91 Å². The van der Waals surface area contributed by atoms with Crippen molar-refractivity contribution in [2.24, 2.45) is 5.92 Å².